The van der Waals surface area contributed by atoms with Gasteiger partial charge in [-0.3, -0.25) is 4.79 Å². The highest BCUT2D eigenvalue weighted by molar-refractivity contribution is 7.99. The number of anilines is 1. The lowest BCUT2D eigenvalue weighted by Crippen LogP contribution is -2.16. The van der Waals surface area contributed by atoms with Crippen LogP contribution in [0.4, 0.5) is 5.00 Å². The molecule has 0 aliphatic heterocycles. The van der Waals surface area contributed by atoms with Crippen molar-refractivity contribution in [2.24, 2.45) is 0 Å². The van der Waals surface area contributed by atoms with Crippen molar-refractivity contribution in [1.29, 1.82) is 0 Å². The van der Waals surface area contributed by atoms with E-state index in [1.807, 2.05) is 36.4 Å². The summed E-state index contributed by atoms with van der Waals surface area (Å²) in [5.41, 5.74) is 3.49. The molecular weight excluding hydrogens is 442 g/mol. The summed E-state index contributed by atoms with van der Waals surface area (Å²) in [6.45, 7) is 2.11. The number of thioether (sulfide) groups is 1. The summed E-state index contributed by atoms with van der Waals surface area (Å²) in [7, 11) is 0. The lowest BCUT2D eigenvalue weighted by molar-refractivity contribution is -0.115. The Morgan fingerprint density at radius 3 is 2.78 bits per heavy atom. The van der Waals surface area contributed by atoms with Gasteiger partial charge in [0.1, 0.15) is 11.3 Å². The maximum Gasteiger partial charge on any atom is 0.341 e. The Kier molecular flexibility index (Phi) is 7.55. The zero-order valence-corrected chi connectivity index (χ0v) is 19.6. The molecule has 0 bridgehead atoms. The van der Waals surface area contributed by atoms with Gasteiger partial charge in [-0.2, -0.15) is 0 Å². The van der Waals surface area contributed by atoms with Crippen LogP contribution in [0.3, 0.4) is 0 Å². The molecule has 1 aromatic carbocycles. The Labute approximate surface area is 195 Å². The Morgan fingerprint density at radius 1 is 1.16 bits per heavy atom. The van der Waals surface area contributed by atoms with Gasteiger partial charge in [0, 0.05) is 22.6 Å². The normalized spacial score (nSPS) is 12.8. The average Bonchev–Trinajstić information content (AvgIpc) is 3.18. The van der Waals surface area contributed by atoms with Crippen molar-refractivity contribution in [1.82, 2.24) is 9.97 Å². The van der Waals surface area contributed by atoms with Gasteiger partial charge in [0.05, 0.1) is 22.9 Å². The number of thiophene rings is 1. The Balaban J connectivity index is 1.38. The second-order valence-electron chi connectivity index (χ2n) is 7.39. The van der Waals surface area contributed by atoms with Crippen LogP contribution in [0.15, 0.2) is 47.8 Å². The lowest BCUT2D eigenvalue weighted by Gasteiger charge is -2.12. The molecule has 0 unspecified atom stereocenters. The van der Waals surface area contributed by atoms with Crippen LogP contribution in [0.25, 0.3) is 11.3 Å². The molecule has 0 fully saturated rings. The van der Waals surface area contributed by atoms with Crippen LogP contribution in [0.2, 0.25) is 0 Å². The molecule has 4 rings (SSSR count). The number of hydrogen-bond acceptors (Lipinski definition) is 7. The SMILES string of the molecule is CCOC(=O)c1c(NC(=O)CCSc2cc(-c3ccccc3)ncn2)sc2c1CCCC2. The van der Waals surface area contributed by atoms with E-state index in [9.17, 15) is 9.59 Å². The summed E-state index contributed by atoms with van der Waals surface area (Å²) in [5.74, 6) is 0.127. The summed E-state index contributed by atoms with van der Waals surface area (Å²) in [6.07, 6.45) is 5.86. The van der Waals surface area contributed by atoms with E-state index in [4.69, 9.17) is 4.74 Å². The molecule has 0 radical (unpaired) electrons. The summed E-state index contributed by atoms with van der Waals surface area (Å²) in [5, 5.41) is 4.41. The van der Waals surface area contributed by atoms with E-state index in [-0.39, 0.29) is 11.9 Å². The fraction of sp³-hybridized carbons (Fsp3) is 0.333. The highest BCUT2D eigenvalue weighted by atomic mass is 32.2. The summed E-state index contributed by atoms with van der Waals surface area (Å²) in [4.78, 5) is 35.0. The Hall–Kier alpha value is -2.71. The number of esters is 1. The molecule has 1 aliphatic rings. The summed E-state index contributed by atoms with van der Waals surface area (Å²) >= 11 is 3.03. The number of ether oxygens (including phenoxy) is 1. The van der Waals surface area contributed by atoms with Crippen molar-refractivity contribution in [3.63, 3.8) is 0 Å². The van der Waals surface area contributed by atoms with E-state index in [0.29, 0.717) is 29.3 Å². The van der Waals surface area contributed by atoms with Crippen LogP contribution in [0.5, 0.6) is 0 Å². The van der Waals surface area contributed by atoms with Gasteiger partial charge >= 0.3 is 5.97 Å². The number of nitrogens with zero attached hydrogens (tertiary/aromatic N) is 2. The largest absolute Gasteiger partial charge is 0.462 e. The molecule has 3 aromatic rings. The summed E-state index contributed by atoms with van der Waals surface area (Å²) in [6, 6.07) is 11.9. The van der Waals surface area contributed by atoms with E-state index >= 15 is 0 Å². The number of nitrogens with one attached hydrogen (secondary N) is 1. The van der Waals surface area contributed by atoms with Gasteiger partial charge < -0.3 is 10.1 Å². The molecule has 2 heterocycles. The first-order chi connectivity index (χ1) is 15.7. The van der Waals surface area contributed by atoms with Gasteiger partial charge in [-0.15, -0.1) is 23.1 Å². The molecule has 1 amide bonds. The van der Waals surface area contributed by atoms with Crippen LogP contribution >= 0.6 is 23.1 Å². The first-order valence-corrected chi connectivity index (χ1v) is 12.6. The number of amides is 1. The Morgan fingerprint density at radius 2 is 1.97 bits per heavy atom. The number of fused-ring (bicyclic) bond motifs is 1. The topological polar surface area (TPSA) is 81.2 Å². The van der Waals surface area contributed by atoms with Crippen molar-refractivity contribution < 1.29 is 14.3 Å². The number of carbonyl (C=O) groups excluding carboxylic acids is 2. The third kappa shape index (κ3) is 5.37. The van der Waals surface area contributed by atoms with E-state index in [0.717, 1.165) is 47.5 Å². The second-order valence-corrected chi connectivity index (χ2v) is 9.61. The minimum absolute atomic E-state index is 0.112. The smallest absolute Gasteiger partial charge is 0.341 e. The minimum atomic E-state index is -0.342. The van der Waals surface area contributed by atoms with E-state index < -0.39 is 0 Å². The molecule has 0 saturated heterocycles. The van der Waals surface area contributed by atoms with E-state index in [1.165, 1.54) is 28.0 Å². The zero-order valence-electron chi connectivity index (χ0n) is 17.9. The van der Waals surface area contributed by atoms with Gasteiger partial charge in [-0.05, 0) is 44.2 Å². The van der Waals surface area contributed by atoms with Gasteiger partial charge in [-0.1, -0.05) is 30.3 Å². The quantitative estimate of drug-likeness (QED) is 0.272. The minimum Gasteiger partial charge on any atom is -0.462 e. The molecule has 0 saturated carbocycles. The van der Waals surface area contributed by atoms with Gasteiger partial charge in [0.2, 0.25) is 5.91 Å². The Bertz CT molecular complexity index is 1100. The monoisotopic (exact) mass is 467 g/mol. The second kappa shape index (κ2) is 10.7. The number of aryl methyl sites for hydroxylation is 1. The number of aromatic nitrogens is 2. The summed E-state index contributed by atoms with van der Waals surface area (Å²) < 4.78 is 5.26. The molecule has 1 aliphatic carbocycles. The first-order valence-electron chi connectivity index (χ1n) is 10.8. The molecule has 0 atom stereocenters. The zero-order chi connectivity index (χ0) is 22.3. The van der Waals surface area contributed by atoms with E-state index in [2.05, 4.69) is 15.3 Å². The third-order valence-electron chi connectivity index (χ3n) is 5.19. The van der Waals surface area contributed by atoms with Crippen LogP contribution < -0.4 is 5.32 Å². The van der Waals surface area contributed by atoms with Crippen LogP contribution in [-0.4, -0.2) is 34.2 Å². The first kappa shape index (κ1) is 22.5. The van der Waals surface area contributed by atoms with Crippen LogP contribution in [0, 0.1) is 0 Å². The highest BCUT2D eigenvalue weighted by Crippen LogP contribution is 2.38. The maximum atomic E-state index is 12.6. The van der Waals surface area contributed by atoms with Gasteiger partial charge in [-0.25, -0.2) is 14.8 Å². The van der Waals surface area contributed by atoms with Crippen molar-refractivity contribution >= 4 is 40.0 Å². The molecule has 32 heavy (non-hydrogen) atoms. The van der Waals surface area contributed by atoms with Crippen LogP contribution in [-0.2, 0) is 22.4 Å². The molecule has 6 nitrogen and oxygen atoms in total. The number of benzene rings is 1. The molecule has 166 valence electrons. The number of rotatable bonds is 8. The van der Waals surface area contributed by atoms with Crippen molar-refractivity contribution in [2.45, 2.75) is 44.1 Å². The number of hydrogen-bond donors (Lipinski definition) is 1. The van der Waals surface area contributed by atoms with E-state index in [1.54, 1.807) is 13.3 Å². The standard InChI is InChI=1S/C24H25N3O3S2/c1-2-30-24(29)22-17-10-6-7-11-19(17)32-23(22)27-20(28)12-13-31-21-14-18(25-15-26-21)16-8-4-3-5-9-16/h3-5,8-9,14-15H,2,6-7,10-13H2,1H3,(H,27,28). The molecule has 2 aromatic heterocycles. The fourth-order valence-corrected chi connectivity index (χ4v) is 5.80. The molecular formula is C24H25N3O3S2. The predicted octanol–water partition coefficient (Wildman–Crippen LogP) is 5.38. The average molecular weight is 468 g/mol. The van der Waals surface area contributed by atoms with Crippen LogP contribution in [0.1, 0.15) is 47.0 Å². The van der Waals surface area contributed by atoms with Gasteiger partial charge in [0.25, 0.3) is 0 Å². The highest BCUT2D eigenvalue weighted by Gasteiger charge is 2.27. The van der Waals surface area contributed by atoms with Crippen molar-refractivity contribution in [3.05, 3.63) is 58.7 Å². The molecule has 8 heteroatoms. The van der Waals surface area contributed by atoms with Gasteiger partial charge in [0.15, 0.2) is 0 Å². The van der Waals surface area contributed by atoms with Crippen molar-refractivity contribution in [2.75, 3.05) is 17.7 Å². The molecule has 1 N–H and O–H groups in total. The van der Waals surface area contributed by atoms with Crippen molar-refractivity contribution in [3.8, 4) is 11.3 Å². The maximum absolute atomic E-state index is 12.6. The predicted molar refractivity (Wildman–Crippen MR) is 128 cm³/mol. The molecule has 0 spiro atoms. The fourth-order valence-electron chi connectivity index (χ4n) is 3.70. The third-order valence-corrected chi connectivity index (χ3v) is 7.33. The lowest BCUT2D eigenvalue weighted by atomic mass is 9.95. The number of carbonyl (C=O) groups is 2.